The van der Waals surface area contributed by atoms with Crippen molar-refractivity contribution in [3.63, 3.8) is 0 Å². The summed E-state index contributed by atoms with van der Waals surface area (Å²) >= 11 is 0. The van der Waals surface area contributed by atoms with Crippen LogP contribution in [0.5, 0.6) is 0 Å². The molecule has 3 nitrogen and oxygen atoms in total. The third-order valence-corrected chi connectivity index (χ3v) is 4.45. The normalized spacial score (nSPS) is 11.7. The van der Waals surface area contributed by atoms with E-state index >= 15 is 0 Å². The Morgan fingerprint density at radius 2 is 1.64 bits per heavy atom. The topological polar surface area (TPSA) is 46.2 Å². The van der Waals surface area contributed by atoms with Gasteiger partial charge in [-0.1, -0.05) is 26.0 Å². The molecular formula is C16H17F2NO2S. The van der Waals surface area contributed by atoms with E-state index < -0.39 is 21.7 Å². The fraction of sp³-hybridized carbons (Fsp3) is 0.250. The maximum absolute atomic E-state index is 13.1. The van der Waals surface area contributed by atoms with Crippen LogP contribution < -0.4 is 4.72 Å². The van der Waals surface area contributed by atoms with Gasteiger partial charge in [0.25, 0.3) is 10.0 Å². The molecule has 2 aromatic rings. The van der Waals surface area contributed by atoms with Crippen LogP contribution in [0.4, 0.5) is 14.5 Å². The molecule has 0 aliphatic heterocycles. The first-order chi connectivity index (χ1) is 10.3. The molecule has 0 bridgehead atoms. The van der Waals surface area contributed by atoms with Gasteiger partial charge < -0.3 is 0 Å². The van der Waals surface area contributed by atoms with E-state index in [9.17, 15) is 17.2 Å². The van der Waals surface area contributed by atoms with Crippen LogP contribution in [0, 0.1) is 17.6 Å². The Morgan fingerprint density at radius 3 is 2.18 bits per heavy atom. The summed E-state index contributed by atoms with van der Waals surface area (Å²) in [6.45, 7) is 4.16. The highest BCUT2D eigenvalue weighted by molar-refractivity contribution is 7.92. The summed E-state index contributed by atoms with van der Waals surface area (Å²) in [5.74, 6) is -1.66. The Kier molecular flexibility index (Phi) is 4.81. The molecule has 2 aromatic carbocycles. The molecule has 6 heteroatoms. The van der Waals surface area contributed by atoms with Crippen LogP contribution in [0.15, 0.2) is 47.4 Å². The van der Waals surface area contributed by atoms with Gasteiger partial charge in [-0.3, -0.25) is 4.72 Å². The molecule has 0 heterocycles. The number of halogens is 2. The molecule has 0 amide bonds. The van der Waals surface area contributed by atoms with Crippen molar-refractivity contribution in [2.24, 2.45) is 5.92 Å². The number of rotatable bonds is 5. The molecule has 0 spiro atoms. The Labute approximate surface area is 129 Å². The van der Waals surface area contributed by atoms with Gasteiger partial charge in [-0.15, -0.1) is 0 Å². The zero-order chi connectivity index (χ0) is 16.3. The minimum absolute atomic E-state index is 0.0230. The summed E-state index contributed by atoms with van der Waals surface area (Å²) in [5, 5.41) is 0. The molecule has 22 heavy (non-hydrogen) atoms. The van der Waals surface area contributed by atoms with E-state index in [1.165, 1.54) is 18.2 Å². The minimum Gasteiger partial charge on any atom is -0.280 e. The molecule has 0 atom stereocenters. The Hall–Kier alpha value is -1.95. The SMILES string of the molecule is CC(C)Cc1ccc(S(=O)(=O)Nc2ccc(F)c(F)c2)cc1. The van der Waals surface area contributed by atoms with E-state index in [2.05, 4.69) is 18.6 Å². The van der Waals surface area contributed by atoms with Crippen molar-refractivity contribution in [3.8, 4) is 0 Å². The van der Waals surface area contributed by atoms with Gasteiger partial charge >= 0.3 is 0 Å². The van der Waals surface area contributed by atoms with Crippen LogP contribution >= 0.6 is 0 Å². The molecule has 0 fully saturated rings. The Balaban J connectivity index is 2.20. The van der Waals surface area contributed by atoms with E-state index in [1.54, 1.807) is 12.1 Å². The third-order valence-electron chi connectivity index (χ3n) is 3.05. The Morgan fingerprint density at radius 1 is 1.00 bits per heavy atom. The first-order valence-electron chi connectivity index (χ1n) is 6.85. The second-order valence-electron chi connectivity index (χ2n) is 5.48. The van der Waals surface area contributed by atoms with Gasteiger partial charge in [-0.05, 0) is 42.2 Å². The fourth-order valence-electron chi connectivity index (χ4n) is 2.05. The Bertz CT molecular complexity index is 756. The molecule has 0 saturated heterocycles. The molecule has 0 aliphatic carbocycles. The highest BCUT2D eigenvalue weighted by atomic mass is 32.2. The highest BCUT2D eigenvalue weighted by Crippen LogP contribution is 2.19. The van der Waals surface area contributed by atoms with Gasteiger partial charge in [0.05, 0.1) is 10.6 Å². The van der Waals surface area contributed by atoms with Crippen LogP contribution in [0.25, 0.3) is 0 Å². The van der Waals surface area contributed by atoms with Crippen molar-refractivity contribution in [3.05, 3.63) is 59.7 Å². The van der Waals surface area contributed by atoms with E-state index in [0.717, 1.165) is 24.1 Å². The van der Waals surface area contributed by atoms with Gasteiger partial charge in [0, 0.05) is 6.07 Å². The molecule has 1 N–H and O–H groups in total. The van der Waals surface area contributed by atoms with Crippen molar-refractivity contribution >= 4 is 15.7 Å². The standard InChI is InChI=1S/C16H17F2NO2S/c1-11(2)9-12-3-6-14(7-4-12)22(20,21)19-13-5-8-15(17)16(18)10-13/h3-8,10-11,19H,9H2,1-2H3. The molecule has 0 aromatic heterocycles. The molecular weight excluding hydrogens is 308 g/mol. The molecule has 0 unspecified atom stereocenters. The molecule has 0 saturated carbocycles. The summed E-state index contributed by atoms with van der Waals surface area (Å²) in [4.78, 5) is 0.0738. The smallest absolute Gasteiger partial charge is 0.261 e. The van der Waals surface area contributed by atoms with Crippen molar-refractivity contribution in [2.75, 3.05) is 4.72 Å². The lowest BCUT2D eigenvalue weighted by atomic mass is 10.0. The summed E-state index contributed by atoms with van der Waals surface area (Å²) in [5.41, 5.74) is 1.02. The minimum atomic E-state index is -3.83. The van der Waals surface area contributed by atoms with Gasteiger partial charge in [0.1, 0.15) is 0 Å². The quantitative estimate of drug-likeness (QED) is 0.904. The first kappa shape index (κ1) is 16.4. The van der Waals surface area contributed by atoms with Crippen molar-refractivity contribution in [1.82, 2.24) is 0 Å². The lowest BCUT2D eigenvalue weighted by Gasteiger charge is -2.10. The van der Waals surface area contributed by atoms with Crippen LogP contribution in [0.3, 0.4) is 0 Å². The fourth-order valence-corrected chi connectivity index (χ4v) is 3.10. The monoisotopic (exact) mass is 325 g/mol. The van der Waals surface area contributed by atoms with Gasteiger partial charge in [0.15, 0.2) is 11.6 Å². The van der Waals surface area contributed by atoms with Gasteiger partial charge in [-0.25, -0.2) is 17.2 Å². The van der Waals surface area contributed by atoms with Crippen LogP contribution in [0.1, 0.15) is 19.4 Å². The van der Waals surface area contributed by atoms with Crippen LogP contribution in [0.2, 0.25) is 0 Å². The van der Waals surface area contributed by atoms with Crippen LogP contribution in [-0.2, 0) is 16.4 Å². The zero-order valence-corrected chi connectivity index (χ0v) is 13.1. The largest absolute Gasteiger partial charge is 0.280 e. The van der Waals surface area contributed by atoms with E-state index in [1.807, 2.05) is 0 Å². The molecule has 2 rings (SSSR count). The van der Waals surface area contributed by atoms with Crippen molar-refractivity contribution < 1.29 is 17.2 Å². The third kappa shape index (κ3) is 4.04. The predicted octanol–water partition coefficient (Wildman–Crippen LogP) is 3.96. The second kappa shape index (κ2) is 6.44. The maximum Gasteiger partial charge on any atom is 0.261 e. The predicted molar refractivity (Wildman–Crippen MR) is 82.2 cm³/mol. The van der Waals surface area contributed by atoms with E-state index in [0.29, 0.717) is 5.92 Å². The first-order valence-corrected chi connectivity index (χ1v) is 8.33. The lowest BCUT2D eigenvalue weighted by Crippen LogP contribution is -2.13. The summed E-state index contributed by atoms with van der Waals surface area (Å²) in [6.07, 6.45) is 0.858. The van der Waals surface area contributed by atoms with Gasteiger partial charge in [-0.2, -0.15) is 0 Å². The molecule has 118 valence electrons. The number of sulfonamides is 1. The summed E-state index contributed by atoms with van der Waals surface area (Å²) < 4.78 is 52.6. The number of anilines is 1. The average molecular weight is 325 g/mol. The summed E-state index contributed by atoms with van der Waals surface area (Å²) in [6, 6.07) is 9.35. The highest BCUT2D eigenvalue weighted by Gasteiger charge is 2.15. The van der Waals surface area contributed by atoms with Crippen molar-refractivity contribution in [1.29, 1.82) is 0 Å². The average Bonchev–Trinajstić information content (AvgIpc) is 2.42. The molecule has 0 radical (unpaired) electrons. The number of hydrogen-bond donors (Lipinski definition) is 1. The van der Waals surface area contributed by atoms with E-state index in [4.69, 9.17) is 0 Å². The van der Waals surface area contributed by atoms with Gasteiger partial charge in [0.2, 0.25) is 0 Å². The maximum atomic E-state index is 13.1. The second-order valence-corrected chi connectivity index (χ2v) is 7.16. The van der Waals surface area contributed by atoms with Crippen LogP contribution in [-0.4, -0.2) is 8.42 Å². The number of hydrogen-bond acceptors (Lipinski definition) is 2. The summed E-state index contributed by atoms with van der Waals surface area (Å²) in [7, 11) is -3.83. The number of nitrogens with one attached hydrogen (secondary N) is 1. The van der Waals surface area contributed by atoms with Crippen molar-refractivity contribution in [2.45, 2.75) is 25.2 Å². The number of benzene rings is 2. The zero-order valence-electron chi connectivity index (χ0n) is 12.3. The lowest BCUT2D eigenvalue weighted by molar-refractivity contribution is 0.509. The molecule has 0 aliphatic rings. The van der Waals surface area contributed by atoms with E-state index in [-0.39, 0.29) is 10.6 Å².